The van der Waals surface area contributed by atoms with Crippen molar-refractivity contribution in [3.8, 4) is 11.8 Å². The predicted octanol–water partition coefficient (Wildman–Crippen LogP) is 4.33. The lowest BCUT2D eigenvalue weighted by molar-refractivity contribution is 0.588. The van der Waals surface area contributed by atoms with Crippen molar-refractivity contribution >= 4 is 11.8 Å². The van der Waals surface area contributed by atoms with Crippen molar-refractivity contribution in [2.75, 3.05) is 5.75 Å². The van der Waals surface area contributed by atoms with Gasteiger partial charge in [0.2, 0.25) is 0 Å². The molecule has 0 fully saturated rings. The van der Waals surface area contributed by atoms with Gasteiger partial charge in [-0.1, -0.05) is 56.0 Å². The van der Waals surface area contributed by atoms with Crippen LogP contribution >= 0.6 is 11.8 Å². The lowest BCUT2D eigenvalue weighted by Gasteiger charge is -2.08. The maximum absolute atomic E-state index is 3.44. The van der Waals surface area contributed by atoms with Crippen molar-refractivity contribution in [2.45, 2.75) is 31.3 Å². The molecule has 2 rings (SSSR count). The van der Waals surface area contributed by atoms with Crippen LogP contribution in [0.4, 0.5) is 0 Å². The smallest absolute Gasteiger partial charge is 0.0598 e. The van der Waals surface area contributed by atoms with Crippen molar-refractivity contribution in [1.29, 1.82) is 0 Å². The van der Waals surface area contributed by atoms with Gasteiger partial charge < -0.3 is 5.32 Å². The van der Waals surface area contributed by atoms with E-state index in [0.717, 1.165) is 17.9 Å². The van der Waals surface area contributed by atoms with Crippen LogP contribution in [0.1, 0.15) is 25.0 Å². The molecule has 0 spiro atoms. The molecule has 1 nitrogen and oxygen atoms in total. The van der Waals surface area contributed by atoms with Crippen LogP contribution < -0.4 is 5.32 Å². The summed E-state index contributed by atoms with van der Waals surface area (Å²) in [6.45, 7) is 5.25. The Kier molecular flexibility index (Phi) is 6.40. The lowest BCUT2D eigenvalue weighted by Crippen LogP contribution is -2.21. The van der Waals surface area contributed by atoms with E-state index in [-0.39, 0.29) is 0 Å². The molecular weight excluding hydrogens is 274 g/mol. The van der Waals surface area contributed by atoms with Gasteiger partial charge in [-0.3, -0.25) is 0 Å². The van der Waals surface area contributed by atoms with Crippen LogP contribution in [0.3, 0.4) is 0 Å². The number of rotatable bonds is 5. The van der Waals surface area contributed by atoms with Crippen LogP contribution in [0, 0.1) is 11.8 Å². The molecule has 0 heterocycles. The first-order chi connectivity index (χ1) is 10.2. The normalized spacial score (nSPS) is 10.2. The first-order valence-corrected chi connectivity index (χ1v) is 8.21. The molecule has 1 N–H and O–H groups in total. The molecule has 0 saturated carbocycles. The molecule has 0 aliphatic rings. The molecule has 21 heavy (non-hydrogen) atoms. The fraction of sp³-hybridized carbons (Fsp3) is 0.263. The minimum atomic E-state index is 0.512. The Morgan fingerprint density at radius 1 is 1.05 bits per heavy atom. The summed E-state index contributed by atoms with van der Waals surface area (Å²) in [6, 6.07) is 19.3. The Balaban J connectivity index is 1.86. The zero-order valence-electron chi connectivity index (χ0n) is 12.6. The molecule has 2 heteroatoms. The maximum Gasteiger partial charge on any atom is 0.0598 e. The fourth-order valence-electron chi connectivity index (χ4n) is 1.85. The summed E-state index contributed by atoms with van der Waals surface area (Å²) in [5, 5.41) is 3.44. The van der Waals surface area contributed by atoms with Gasteiger partial charge in [-0.2, -0.15) is 0 Å². The van der Waals surface area contributed by atoms with E-state index in [9.17, 15) is 0 Å². The van der Waals surface area contributed by atoms with Gasteiger partial charge >= 0.3 is 0 Å². The molecule has 2 aromatic rings. The summed E-state index contributed by atoms with van der Waals surface area (Å²) < 4.78 is 0. The van der Waals surface area contributed by atoms with Crippen LogP contribution in [0.15, 0.2) is 59.5 Å². The van der Waals surface area contributed by atoms with E-state index in [1.807, 2.05) is 30.3 Å². The number of hydrogen-bond acceptors (Lipinski definition) is 2. The predicted molar refractivity (Wildman–Crippen MR) is 92.5 cm³/mol. The second kappa shape index (κ2) is 8.56. The number of thioether (sulfide) groups is 1. The van der Waals surface area contributed by atoms with Gasteiger partial charge in [0.1, 0.15) is 0 Å². The van der Waals surface area contributed by atoms with Gasteiger partial charge in [-0.05, 0) is 29.8 Å². The number of nitrogens with one attached hydrogen (secondary N) is 1. The topological polar surface area (TPSA) is 12.0 Å². The van der Waals surface area contributed by atoms with Gasteiger partial charge in [0.05, 0.1) is 5.75 Å². The van der Waals surface area contributed by atoms with Crippen LogP contribution in [-0.2, 0) is 6.54 Å². The highest BCUT2D eigenvalue weighted by Gasteiger charge is 1.97. The molecule has 0 saturated heterocycles. The molecule has 108 valence electrons. The Morgan fingerprint density at radius 3 is 2.62 bits per heavy atom. The van der Waals surface area contributed by atoms with Crippen LogP contribution in [-0.4, -0.2) is 11.8 Å². The third-order valence-corrected chi connectivity index (χ3v) is 3.81. The van der Waals surface area contributed by atoms with Gasteiger partial charge in [0.15, 0.2) is 0 Å². The first-order valence-electron chi connectivity index (χ1n) is 7.23. The summed E-state index contributed by atoms with van der Waals surface area (Å²) in [5.41, 5.74) is 2.40. The Hall–Kier alpha value is -1.69. The molecule has 0 aliphatic carbocycles. The van der Waals surface area contributed by atoms with Crippen molar-refractivity contribution in [1.82, 2.24) is 5.32 Å². The van der Waals surface area contributed by atoms with E-state index in [4.69, 9.17) is 0 Å². The van der Waals surface area contributed by atoms with Gasteiger partial charge in [-0.15, -0.1) is 11.8 Å². The second-order valence-corrected chi connectivity index (χ2v) is 6.19. The summed E-state index contributed by atoms with van der Waals surface area (Å²) in [7, 11) is 0. The van der Waals surface area contributed by atoms with E-state index in [1.54, 1.807) is 11.8 Å². The molecular formula is C19H21NS. The highest BCUT2D eigenvalue weighted by atomic mass is 32.2. The fourth-order valence-corrected chi connectivity index (χ4v) is 2.57. The van der Waals surface area contributed by atoms with Crippen molar-refractivity contribution in [2.24, 2.45) is 0 Å². The van der Waals surface area contributed by atoms with Crippen molar-refractivity contribution in [3.05, 3.63) is 65.7 Å². The highest BCUT2D eigenvalue weighted by Crippen LogP contribution is 2.18. The second-order valence-electron chi connectivity index (χ2n) is 5.14. The molecule has 0 unspecified atom stereocenters. The zero-order valence-corrected chi connectivity index (χ0v) is 13.4. The standard InChI is InChI=1S/C19H21NS/c1-16(2)20-15-18-10-6-12-19(14-18)21-13-7-11-17-8-4-3-5-9-17/h3-6,8-10,12,14,16,20H,13,15H2,1-2H3. The molecule has 0 bridgehead atoms. The van der Waals surface area contributed by atoms with Gasteiger partial charge in [0, 0.05) is 23.0 Å². The largest absolute Gasteiger partial charge is 0.310 e. The Bertz CT molecular complexity index is 608. The summed E-state index contributed by atoms with van der Waals surface area (Å²) >= 11 is 1.79. The van der Waals surface area contributed by atoms with Crippen LogP contribution in [0.5, 0.6) is 0 Å². The zero-order chi connectivity index (χ0) is 14.9. The molecule has 0 aliphatic heterocycles. The van der Waals surface area contributed by atoms with Crippen LogP contribution in [0.2, 0.25) is 0 Å². The summed E-state index contributed by atoms with van der Waals surface area (Å²) in [4.78, 5) is 1.28. The molecule has 2 aromatic carbocycles. The van der Waals surface area contributed by atoms with Crippen LogP contribution in [0.25, 0.3) is 0 Å². The lowest BCUT2D eigenvalue weighted by atomic mass is 10.2. The highest BCUT2D eigenvalue weighted by molar-refractivity contribution is 7.99. The van der Waals surface area contributed by atoms with Crippen molar-refractivity contribution < 1.29 is 0 Å². The number of hydrogen-bond donors (Lipinski definition) is 1. The average molecular weight is 295 g/mol. The average Bonchev–Trinajstić information content (AvgIpc) is 2.51. The molecule has 0 radical (unpaired) electrons. The third-order valence-electron chi connectivity index (χ3n) is 2.93. The van der Waals surface area contributed by atoms with Gasteiger partial charge in [0.25, 0.3) is 0 Å². The quantitative estimate of drug-likeness (QED) is 0.651. The van der Waals surface area contributed by atoms with Crippen molar-refractivity contribution in [3.63, 3.8) is 0 Å². The molecule has 0 amide bonds. The summed E-state index contributed by atoms with van der Waals surface area (Å²) in [5.74, 6) is 7.22. The minimum absolute atomic E-state index is 0.512. The SMILES string of the molecule is CC(C)NCc1cccc(SCC#Cc2ccccc2)c1. The number of benzene rings is 2. The monoisotopic (exact) mass is 295 g/mol. The minimum Gasteiger partial charge on any atom is -0.310 e. The Labute approximate surface area is 132 Å². The van der Waals surface area contributed by atoms with E-state index in [1.165, 1.54) is 10.5 Å². The first kappa shape index (κ1) is 15.7. The molecule has 0 atom stereocenters. The van der Waals surface area contributed by atoms with E-state index in [2.05, 4.69) is 55.3 Å². The summed E-state index contributed by atoms with van der Waals surface area (Å²) in [6.07, 6.45) is 0. The van der Waals surface area contributed by atoms with E-state index >= 15 is 0 Å². The van der Waals surface area contributed by atoms with E-state index in [0.29, 0.717) is 6.04 Å². The van der Waals surface area contributed by atoms with E-state index < -0.39 is 0 Å². The van der Waals surface area contributed by atoms with Gasteiger partial charge in [-0.25, -0.2) is 0 Å². The Morgan fingerprint density at radius 2 is 1.86 bits per heavy atom. The molecule has 0 aromatic heterocycles. The maximum atomic E-state index is 3.44. The third kappa shape index (κ3) is 6.08.